The molecule has 7 heteroatoms. The Kier molecular flexibility index (Phi) is 6.20. The fraction of sp³-hybridized carbons (Fsp3) is 0.533. The topological polar surface area (TPSA) is 35.6 Å². The van der Waals surface area contributed by atoms with Gasteiger partial charge in [-0.25, -0.2) is 4.39 Å². The Balaban J connectivity index is 0.00000176. The minimum absolute atomic E-state index is 0. The van der Waals surface area contributed by atoms with E-state index in [4.69, 9.17) is 0 Å². The fourth-order valence-corrected chi connectivity index (χ4v) is 3.64. The molecule has 3 rings (SSSR count). The second kappa shape index (κ2) is 7.73. The standard InChI is InChI=1S/C15H19BrFN3O.ClH/c16-12-2-1-3-13(17)14(12)15(21)20-7-4-11(10-20)19-8-5-18-6-9-19;/h1-3,11,18H,4-10H2;1H. The lowest BCUT2D eigenvalue weighted by atomic mass is 10.2. The maximum Gasteiger partial charge on any atom is 0.258 e. The molecule has 2 saturated heterocycles. The number of likely N-dealkylation sites (tertiary alicyclic amines) is 1. The third kappa shape index (κ3) is 3.62. The predicted octanol–water partition coefficient (Wildman–Crippen LogP) is 2.13. The molecule has 1 amide bonds. The summed E-state index contributed by atoms with van der Waals surface area (Å²) < 4.78 is 14.4. The van der Waals surface area contributed by atoms with Gasteiger partial charge in [-0.3, -0.25) is 9.69 Å². The van der Waals surface area contributed by atoms with Gasteiger partial charge in [0, 0.05) is 49.8 Å². The molecule has 1 unspecified atom stereocenters. The van der Waals surface area contributed by atoms with Crippen LogP contribution in [0, 0.1) is 5.82 Å². The number of nitrogens with one attached hydrogen (secondary N) is 1. The van der Waals surface area contributed by atoms with E-state index in [1.807, 2.05) is 0 Å². The molecule has 2 aliphatic rings. The van der Waals surface area contributed by atoms with Crippen molar-refractivity contribution in [3.05, 3.63) is 34.1 Å². The summed E-state index contributed by atoms with van der Waals surface area (Å²) in [5.41, 5.74) is 0.151. The van der Waals surface area contributed by atoms with Crippen LogP contribution in [0.3, 0.4) is 0 Å². The van der Waals surface area contributed by atoms with E-state index >= 15 is 0 Å². The largest absolute Gasteiger partial charge is 0.337 e. The van der Waals surface area contributed by atoms with Crippen molar-refractivity contribution in [2.24, 2.45) is 0 Å². The Labute approximate surface area is 144 Å². The van der Waals surface area contributed by atoms with Crippen LogP contribution in [-0.2, 0) is 0 Å². The molecule has 2 aliphatic heterocycles. The van der Waals surface area contributed by atoms with Gasteiger partial charge in [-0.15, -0.1) is 12.4 Å². The zero-order valence-electron chi connectivity index (χ0n) is 12.2. The first-order valence-electron chi connectivity index (χ1n) is 7.35. The number of nitrogens with zero attached hydrogens (tertiary/aromatic N) is 2. The number of hydrogen-bond donors (Lipinski definition) is 1. The average Bonchev–Trinajstić information content (AvgIpc) is 2.97. The zero-order valence-corrected chi connectivity index (χ0v) is 14.6. The molecule has 1 N–H and O–H groups in total. The van der Waals surface area contributed by atoms with Gasteiger partial charge in [-0.1, -0.05) is 6.07 Å². The second-order valence-electron chi connectivity index (χ2n) is 5.58. The molecule has 1 atom stereocenters. The number of carbonyl (C=O) groups is 1. The molecular formula is C15H20BrClFN3O. The summed E-state index contributed by atoms with van der Waals surface area (Å²) in [6.45, 7) is 5.45. The van der Waals surface area contributed by atoms with Gasteiger partial charge in [0.15, 0.2) is 0 Å². The van der Waals surface area contributed by atoms with Crippen molar-refractivity contribution in [1.82, 2.24) is 15.1 Å². The number of piperazine rings is 1. The predicted molar refractivity (Wildman–Crippen MR) is 90.1 cm³/mol. The number of amides is 1. The molecular weight excluding hydrogens is 373 g/mol. The smallest absolute Gasteiger partial charge is 0.258 e. The molecule has 2 heterocycles. The van der Waals surface area contributed by atoms with Crippen LogP contribution in [0.2, 0.25) is 0 Å². The maximum absolute atomic E-state index is 13.9. The van der Waals surface area contributed by atoms with Crippen LogP contribution in [0.25, 0.3) is 0 Å². The minimum atomic E-state index is -0.458. The van der Waals surface area contributed by atoms with Gasteiger partial charge in [0.2, 0.25) is 0 Å². The molecule has 1 aromatic rings. The van der Waals surface area contributed by atoms with Crippen LogP contribution in [0.15, 0.2) is 22.7 Å². The molecule has 0 bridgehead atoms. The second-order valence-corrected chi connectivity index (χ2v) is 6.43. The zero-order chi connectivity index (χ0) is 14.8. The van der Waals surface area contributed by atoms with E-state index in [0.29, 0.717) is 23.6 Å². The van der Waals surface area contributed by atoms with E-state index in [1.165, 1.54) is 6.07 Å². The summed E-state index contributed by atoms with van der Waals surface area (Å²) in [5.74, 6) is -0.669. The molecule has 0 saturated carbocycles. The molecule has 0 spiro atoms. The molecule has 0 aliphatic carbocycles. The Morgan fingerprint density at radius 2 is 2.00 bits per heavy atom. The highest BCUT2D eigenvalue weighted by Crippen LogP contribution is 2.24. The summed E-state index contributed by atoms with van der Waals surface area (Å²) in [7, 11) is 0. The molecule has 0 radical (unpaired) electrons. The third-order valence-corrected chi connectivity index (χ3v) is 4.96. The monoisotopic (exact) mass is 391 g/mol. The van der Waals surface area contributed by atoms with E-state index < -0.39 is 5.82 Å². The van der Waals surface area contributed by atoms with Crippen molar-refractivity contribution in [1.29, 1.82) is 0 Å². The van der Waals surface area contributed by atoms with Gasteiger partial charge in [0.25, 0.3) is 5.91 Å². The summed E-state index contributed by atoms with van der Waals surface area (Å²) in [6, 6.07) is 5.05. The van der Waals surface area contributed by atoms with Crippen LogP contribution in [0.1, 0.15) is 16.8 Å². The van der Waals surface area contributed by atoms with Gasteiger partial charge >= 0.3 is 0 Å². The summed E-state index contributed by atoms with van der Waals surface area (Å²) in [5, 5.41) is 3.33. The number of rotatable bonds is 2. The van der Waals surface area contributed by atoms with Gasteiger partial charge in [-0.2, -0.15) is 0 Å². The summed E-state index contributed by atoms with van der Waals surface area (Å²) in [6.07, 6.45) is 0.970. The maximum atomic E-state index is 13.9. The Bertz CT molecular complexity index is 519. The van der Waals surface area contributed by atoms with E-state index in [0.717, 1.165) is 32.6 Å². The fourth-order valence-electron chi connectivity index (χ4n) is 3.13. The molecule has 22 heavy (non-hydrogen) atoms. The Hall–Kier alpha value is -0.690. The normalized spacial score (nSPS) is 22.5. The summed E-state index contributed by atoms with van der Waals surface area (Å²) in [4.78, 5) is 16.7. The number of benzene rings is 1. The minimum Gasteiger partial charge on any atom is -0.337 e. The van der Waals surface area contributed by atoms with Crippen LogP contribution in [0.5, 0.6) is 0 Å². The highest BCUT2D eigenvalue weighted by atomic mass is 79.9. The van der Waals surface area contributed by atoms with Gasteiger partial charge in [0.1, 0.15) is 5.82 Å². The van der Waals surface area contributed by atoms with Crippen LogP contribution < -0.4 is 5.32 Å². The summed E-state index contributed by atoms with van der Waals surface area (Å²) >= 11 is 3.28. The average molecular weight is 393 g/mol. The van der Waals surface area contributed by atoms with Gasteiger partial charge < -0.3 is 10.2 Å². The lowest BCUT2D eigenvalue weighted by Gasteiger charge is -2.32. The van der Waals surface area contributed by atoms with Crippen molar-refractivity contribution in [3.8, 4) is 0 Å². The van der Waals surface area contributed by atoms with Crippen LogP contribution in [-0.4, -0.2) is 61.0 Å². The van der Waals surface area contributed by atoms with Crippen LogP contribution in [0.4, 0.5) is 4.39 Å². The SMILES string of the molecule is Cl.O=C(c1c(F)cccc1Br)N1CCC(N2CCNCC2)C1. The molecule has 0 aromatic heterocycles. The number of carbonyl (C=O) groups excluding carboxylic acids is 1. The molecule has 4 nitrogen and oxygen atoms in total. The van der Waals surface area contributed by atoms with Gasteiger partial charge in [-0.05, 0) is 34.5 Å². The first kappa shape index (κ1) is 17.7. The van der Waals surface area contributed by atoms with E-state index in [1.54, 1.807) is 17.0 Å². The number of hydrogen-bond acceptors (Lipinski definition) is 3. The Morgan fingerprint density at radius 3 is 2.68 bits per heavy atom. The van der Waals surface area contributed by atoms with Crippen molar-refractivity contribution < 1.29 is 9.18 Å². The molecule has 1 aromatic carbocycles. The van der Waals surface area contributed by atoms with Crippen molar-refractivity contribution in [2.45, 2.75) is 12.5 Å². The van der Waals surface area contributed by atoms with E-state index in [9.17, 15) is 9.18 Å². The molecule has 2 fully saturated rings. The molecule has 122 valence electrons. The lowest BCUT2D eigenvalue weighted by molar-refractivity contribution is 0.0768. The Morgan fingerprint density at radius 1 is 1.27 bits per heavy atom. The third-order valence-electron chi connectivity index (χ3n) is 4.30. The van der Waals surface area contributed by atoms with E-state index in [-0.39, 0.29) is 23.9 Å². The van der Waals surface area contributed by atoms with Crippen molar-refractivity contribution in [2.75, 3.05) is 39.3 Å². The van der Waals surface area contributed by atoms with Crippen LogP contribution >= 0.6 is 28.3 Å². The number of halogens is 3. The van der Waals surface area contributed by atoms with Crippen molar-refractivity contribution in [3.63, 3.8) is 0 Å². The first-order chi connectivity index (χ1) is 10.2. The quantitative estimate of drug-likeness (QED) is 0.837. The lowest BCUT2D eigenvalue weighted by Crippen LogP contribution is -2.49. The first-order valence-corrected chi connectivity index (χ1v) is 8.14. The van der Waals surface area contributed by atoms with Gasteiger partial charge in [0.05, 0.1) is 5.56 Å². The van der Waals surface area contributed by atoms with E-state index in [2.05, 4.69) is 26.1 Å². The highest BCUT2D eigenvalue weighted by molar-refractivity contribution is 9.10. The highest BCUT2D eigenvalue weighted by Gasteiger charge is 2.32. The van der Waals surface area contributed by atoms with Crippen molar-refractivity contribution >= 4 is 34.2 Å².